The van der Waals surface area contributed by atoms with Gasteiger partial charge in [-0.25, -0.2) is 0 Å². The van der Waals surface area contributed by atoms with Crippen LogP contribution in [0.1, 0.15) is 26.7 Å². The Morgan fingerprint density at radius 3 is 2.79 bits per heavy atom. The summed E-state index contributed by atoms with van der Waals surface area (Å²) >= 11 is 0. The van der Waals surface area contributed by atoms with Crippen LogP contribution in [0.2, 0.25) is 0 Å². The van der Waals surface area contributed by atoms with E-state index in [4.69, 9.17) is 4.74 Å². The van der Waals surface area contributed by atoms with Gasteiger partial charge in [-0.1, -0.05) is 13.3 Å². The molecule has 1 rings (SSSR count). The third-order valence-electron chi connectivity index (χ3n) is 2.83. The van der Waals surface area contributed by atoms with E-state index in [2.05, 4.69) is 6.92 Å². The minimum Gasteiger partial charge on any atom is -0.395 e. The van der Waals surface area contributed by atoms with Gasteiger partial charge in [0, 0.05) is 6.54 Å². The topological polar surface area (TPSA) is 52.9 Å². The Bertz CT molecular complexity index is 163. The SMILES string of the molecule is CCCCN1CO[C@H](C)[C@H](O)[C@H]1CO. The van der Waals surface area contributed by atoms with Gasteiger partial charge in [0.05, 0.1) is 31.6 Å². The summed E-state index contributed by atoms with van der Waals surface area (Å²) in [6.45, 7) is 5.36. The number of ether oxygens (including phenoxy) is 1. The molecule has 3 atom stereocenters. The van der Waals surface area contributed by atoms with E-state index >= 15 is 0 Å². The lowest BCUT2D eigenvalue weighted by Gasteiger charge is -2.41. The molecular formula is C10H21NO3. The number of hydrogen-bond donors (Lipinski definition) is 2. The van der Waals surface area contributed by atoms with E-state index in [1.807, 2.05) is 11.8 Å². The van der Waals surface area contributed by atoms with Crippen molar-refractivity contribution in [2.75, 3.05) is 19.9 Å². The van der Waals surface area contributed by atoms with E-state index in [0.717, 1.165) is 19.4 Å². The van der Waals surface area contributed by atoms with Gasteiger partial charge in [0.2, 0.25) is 0 Å². The van der Waals surface area contributed by atoms with Crippen molar-refractivity contribution in [3.63, 3.8) is 0 Å². The largest absolute Gasteiger partial charge is 0.395 e. The normalized spacial score (nSPS) is 34.7. The molecule has 0 bridgehead atoms. The van der Waals surface area contributed by atoms with Crippen LogP contribution in [0.5, 0.6) is 0 Å². The first kappa shape index (κ1) is 11.9. The van der Waals surface area contributed by atoms with E-state index in [1.54, 1.807) is 0 Å². The minimum absolute atomic E-state index is 0.00141. The van der Waals surface area contributed by atoms with Crippen LogP contribution in [0.4, 0.5) is 0 Å². The van der Waals surface area contributed by atoms with Gasteiger partial charge in [0.25, 0.3) is 0 Å². The molecule has 0 radical (unpaired) electrons. The fourth-order valence-electron chi connectivity index (χ4n) is 1.75. The highest BCUT2D eigenvalue weighted by Gasteiger charge is 2.34. The van der Waals surface area contributed by atoms with Crippen molar-refractivity contribution in [1.29, 1.82) is 0 Å². The van der Waals surface area contributed by atoms with Crippen molar-refractivity contribution in [2.45, 2.75) is 44.9 Å². The fraction of sp³-hybridized carbons (Fsp3) is 1.00. The summed E-state index contributed by atoms with van der Waals surface area (Å²) < 4.78 is 5.40. The predicted molar refractivity (Wildman–Crippen MR) is 53.9 cm³/mol. The van der Waals surface area contributed by atoms with Crippen LogP contribution in [0.15, 0.2) is 0 Å². The summed E-state index contributed by atoms with van der Waals surface area (Å²) in [7, 11) is 0. The summed E-state index contributed by atoms with van der Waals surface area (Å²) in [5.41, 5.74) is 0. The molecule has 84 valence electrons. The Hall–Kier alpha value is -0.160. The highest BCUT2D eigenvalue weighted by molar-refractivity contribution is 4.84. The molecule has 1 aliphatic rings. The molecule has 0 aromatic heterocycles. The number of unbranched alkanes of at least 4 members (excludes halogenated alkanes) is 1. The molecule has 0 spiro atoms. The molecule has 0 aromatic rings. The van der Waals surface area contributed by atoms with Gasteiger partial charge in [-0.3, -0.25) is 4.90 Å². The van der Waals surface area contributed by atoms with Crippen LogP contribution in [0.25, 0.3) is 0 Å². The molecule has 1 saturated heterocycles. The number of aliphatic hydroxyl groups is 2. The molecular weight excluding hydrogens is 182 g/mol. The predicted octanol–water partition coefficient (Wildman–Crippen LogP) is 0.186. The number of nitrogens with zero attached hydrogens (tertiary/aromatic N) is 1. The molecule has 0 aliphatic carbocycles. The maximum Gasteiger partial charge on any atom is 0.0999 e. The average molecular weight is 203 g/mol. The van der Waals surface area contributed by atoms with E-state index in [0.29, 0.717) is 6.73 Å². The van der Waals surface area contributed by atoms with E-state index < -0.39 is 6.10 Å². The maximum atomic E-state index is 9.78. The average Bonchev–Trinajstić information content (AvgIpc) is 2.20. The first-order valence-corrected chi connectivity index (χ1v) is 5.35. The van der Waals surface area contributed by atoms with Gasteiger partial charge in [-0.2, -0.15) is 0 Å². The smallest absolute Gasteiger partial charge is 0.0999 e. The Balaban J connectivity index is 2.48. The van der Waals surface area contributed by atoms with Gasteiger partial charge in [-0.15, -0.1) is 0 Å². The first-order chi connectivity index (χ1) is 6.70. The second-order valence-electron chi connectivity index (χ2n) is 3.91. The lowest BCUT2D eigenvalue weighted by molar-refractivity contribution is -0.167. The van der Waals surface area contributed by atoms with Crippen molar-refractivity contribution >= 4 is 0 Å². The molecule has 0 unspecified atom stereocenters. The molecule has 14 heavy (non-hydrogen) atoms. The van der Waals surface area contributed by atoms with Gasteiger partial charge in [-0.05, 0) is 13.3 Å². The van der Waals surface area contributed by atoms with Gasteiger partial charge < -0.3 is 14.9 Å². The Kier molecular flexibility index (Phi) is 4.81. The molecule has 1 aliphatic heterocycles. The van der Waals surface area contributed by atoms with Gasteiger partial charge in [0.1, 0.15) is 0 Å². The van der Waals surface area contributed by atoms with Gasteiger partial charge >= 0.3 is 0 Å². The molecule has 1 fully saturated rings. The Labute approximate surface area is 85.5 Å². The lowest BCUT2D eigenvalue weighted by Crippen LogP contribution is -2.56. The highest BCUT2D eigenvalue weighted by atomic mass is 16.5. The molecule has 4 heteroatoms. The Morgan fingerprint density at radius 1 is 1.50 bits per heavy atom. The third-order valence-corrected chi connectivity index (χ3v) is 2.83. The molecule has 0 amide bonds. The van der Waals surface area contributed by atoms with Crippen LogP contribution in [-0.2, 0) is 4.74 Å². The summed E-state index contributed by atoms with van der Waals surface area (Å²) in [4.78, 5) is 2.01. The van der Waals surface area contributed by atoms with Crippen molar-refractivity contribution in [2.24, 2.45) is 0 Å². The standard InChI is InChI=1S/C10H21NO3/c1-3-4-5-11-7-14-8(2)10(13)9(11)6-12/h8-10,12-13H,3-7H2,1-2H3/t8-,9-,10+/m1/s1. The summed E-state index contributed by atoms with van der Waals surface area (Å²) in [6, 6.07) is -0.162. The van der Waals surface area contributed by atoms with Crippen LogP contribution in [0, 0.1) is 0 Å². The summed E-state index contributed by atoms with van der Waals surface area (Å²) in [6.07, 6.45) is 1.43. The monoisotopic (exact) mass is 203 g/mol. The zero-order valence-electron chi connectivity index (χ0n) is 9.02. The van der Waals surface area contributed by atoms with Crippen molar-refractivity contribution in [3.8, 4) is 0 Å². The summed E-state index contributed by atoms with van der Waals surface area (Å²) in [5, 5.41) is 19.0. The van der Waals surface area contributed by atoms with E-state index in [9.17, 15) is 10.2 Å². The van der Waals surface area contributed by atoms with Crippen LogP contribution in [0.3, 0.4) is 0 Å². The number of rotatable bonds is 4. The molecule has 2 N–H and O–H groups in total. The third kappa shape index (κ3) is 2.67. The van der Waals surface area contributed by atoms with Crippen LogP contribution >= 0.6 is 0 Å². The second kappa shape index (κ2) is 5.66. The van der Waals surface area contributed by atoms with Crippen molar-refractivity contribution < 1.29 is 14.9 Å². The van der Waals surface area contributed by atoms with Crippen molar-refractivity contribution in [3.05, 3.63) is 0 Å². The Morgan fingerprint density at radius 2 is 2.21 bits per heavy atom. The number of hydrogen-bond acceptors (Lipinski definition) is 4. The van der Waals surface area contributed by atoms with Crippen molar-refractivity contribution in [1.82, 2.24) is 4.90 Å². The van der Waals surface area contributed by atoms with Crippen LogP contribution < -0.4 is 0 Å². The van der Waals surface area contributed by atoms with E-state index in [-0.39, 0.29) is 18.8 Å². The fourth-order valence-corrected chi connectivity index (χ4v) is 1.75. The van der Waals surface area contributed by atoms with E-state index in [1.165, 1.54) is 0 Å². The molecule has 1 heterocycles. The quantitative estimate of drug-likeness (QED) is 0.684. The highest BCUT2D eigenvalue weighted by Crippen LogP contribution is 2.17. The molecule has 4 nitrogen and oxygen atoms in total. The lowest BCUT2D eigenvalue weighted by atomic mass is 10.0. The maximum absolute atomic E-state index is 9.78. The second-order valence-corrected chi connectivity index (χ2v) is 3.91. The first-order valence-electron chi connectivity index (χ1n) is 5.35. The van der Waals surface area contributed by atoms with Gasteiger partial charge in [0.15, 0.2) is 0 Å². The number of aliphatic hydroxyl groups excluding tert-OH is 2. The minimum atomic E-state index is -0.578. The summed E-state index contributed by atoms with van der Waals surface area (Å²) in [5.74, 6) is 0. The zero-order valence-corrected chi connectivity index (χ0v) is 9.02. The van der Waals surface area contributed by atoms with Crippen LogP contribution in [-0.4, -0.2) is 53.2 Å². The molecule has 0 saturated carbocycles. The molecule has 0 aromatic carbocycles. The zero-order chi connectivity index (χ0) is 10.6.